The number of hydrogen-bond acceptors (Lipinski definition) is 3. The van der Waals surface area contributed by atoms with E-state index >= 15 is 0 Å². The first kappa shape index (κ1) is 14.0. The number of benzene rings is 1. The van der Waals surface area contributed by atoms with Crippen molar-refractivity contribution < 1.29 is 10.2 Å². The van der Waals surface area contributed by atoms with Gasteiger partial charge in [0.1, 0.15) is 5.75 Å². The highest BCUT2D eigenvalue weighted by molar-refractivity contribution is 5.28. The molecular weight excluding hydrogens is 214 g/mol. The second kappa shape index (κ2) is 5.07. The molecular formula is C14H23NO2. The number of β-amino-alcohol motifs (C(OH)–C–C–N with tert-alkyl or cyclic N) is 1. The maximum Gasteiger partial charge on any atom is 0.115 e. The van der Waals surface area contributed by atoms with Crippen LogP contribution in [0.3, 0.4) is 0 Å². The smallest absolute Gasteiger partial charge is 0.115 e. The molecule has 0 saturated heterocycles. The molecule has 96 valence electrons. The molecule has 0 fully saturated rings. The van der Waals surface area contributed by atoms with Crippen molar-refractivity contribution in [3.63, 3.8) is 0 Å². The van der Waals surface area contributed by atoms with Gasteiger partial charge in [0.05, 0.1) is 5.60 Å². The third-order valence-corrected chi connectivity index (χ3v) is 2.50. The lowest BCUT2D eigenvalue weighted by atomic mass is 9.95. The minimum absolute atomic E-state index is 0.0111. The van der Waals surface area contributed by atoms with E-state index in [1.807, 2.05) is 6.07 Å². The predicted molar refractivity (Wildman–Crippen MR) is 70.2 cm³/mol. The Morgan fingerprint density at radius 3 is 2.35 bits per heavy atom. The Hall–Kier alpha value is -1.06. The Morgan fingerprint density at radius 2 is 1.82 bits per heavy atom. The van der Waals surface area contributed by atoms with Crippen LogP contribution < -0.4 is 5.32 Å². The number of phenolic OH excluding ortho intramolecular Hbond substituents is 1. The fourth-order valence-electron chi connectivity index (χ4n) is 1.62. The van der Waals surface area contributed by atoms with Crippen LogP contribution in [-0.4, -0.2) is 27.9 Å². The van der Waals surface area contributed by atoms with Gasteiger partial charge in [0, 0.05) is 18.5 Å². The molecule has 0 saturated carbocycles. The van der Waals surface area contributed by atoms with Crippen LogP contribution in [0.2, 0.25) is 0 Å². The third-order valence-electron chi connectivity index (χ3n) is 2.50. The Balaban J connectivity index is 2.60. The molecule has 0 aliphatic rings. The maximum absolute atomic E-state index is 10.3. The van der Waals surface area contributed by atoms with Crippen LogP contribution in [0.5, 0.6) is 5.75 Å². The van der Waals surface area contributed by atoms with Crippen LogP contribution in [0, 0.1) is 0 Å². The largest absolute Gasteiger partial charge is 0.508 e. The maximum atomic E-state index is 10.3. The molecule has 0 bridgehead atoms. The minimum Gasteiger partial charge on any atom is -0.508 e. The Kier molecular flexibility index (Phi) is 4.17. The van der Waals surface area contributed by atoms with E-state index in [1.165, 1.54) is 0 Å². The molecule has 17 heavy (non-hydrogen) atoms. The molecule has 0 aromatic heterocycles. The quantitative estimate of drug-likeness (QED) is 0.751. The second-order valence-electron chi connectivity index (χ2n) is 5.95. The molecule has 0 radical (unpaired) electrons. The van der Waals surface area contributed by atoms with Crippen LogP contribution in [-0.2, 0) is 6.42 Å². The highest BCUT2D eigenvalue weighted by atomic mass is 16.3. The van der Waals surface area contributed by atoms with Gasteiger partial charge in [0.25, 0.3) is 0 Å². The first-order chi connectivity index (χ1) is 7.68. The molecule has 0 aliphatic heterocycles. The van der Waals surface area contributed by atoms with E-state index in [-0.39, 0.29) is 11.3 Å². The van der Waals surface area contributed by atoms with Crippen molar-refractivity contribution in [1.29, 1.82) is 0 Å². The highest BCUT2D eigenvalue weighted by Gasteiger charge is 2.23. The van der Waals surface area contributed by atoms with Crippen molar-refractivity contribution in [3.05, 3.63) is 29.8 Å². The SMILES string of the molecule is CC(O)(CNC(C)(C)C)Cc1cccc(O)c1. The number of aromatic hydroxyl groups is 1. The van der Waals surface area contributed by atoms with E-state index < -0.39 is 5.60 Å². The summed E-state index contributed by atoms with van der Waals surface area (Å²) in [6.45, 7) is 8.52. The average molecular weight is 237 g/mol. The van der Waals surface area contributed by atoms with Gasteiger partial charge in [-0.15, -0.1) is 0 Å². The van der Waals surface area contributed by atoms with Gasteiger partial charge in [-0.25, -0.2) is 0 Å². The molecule has 1 unspecified atom stereocenters. The summed E-state index contributed by atoms with van der Waals surface area (Å²) in [4.78, 5) is 0. The van der Waals surface area contributed by atoms with Crippen LogP contribution in [0.1, 0.15) is 33.3 Å². The summed E-state index contributed by atoms with van der Waals surface area (Å²) in [6.07, 6.45) is 0.518. The zero-order valence-electron chi connectivity index (χ0n) is 11.1. The molecule has 1 atom stereocenters. The number of nitrogens with one attached hydrogen (secondary N) is 1. The summed E-state index contributed by atoms with van der Waals surface area (Å²) >= 11 is 0. The van der Waals surface area contributed by atoms with Gasteiger partial charge in [-0.2, -0.15) is 0 Å². The lowest BCUT2D eigenvalue weighted by Crippen LogP contribution is -2.47. The van der Waals surface area contributed by atoms with Crippen LogP contribution in [0.25, 0.3) is 0 Å². The number of phenols is 1. The van der Waals surface area contributed by atoms with Crippen molar-refractivity contribution in [2.75, 3.05) is 6.54 Å². The molecule has 3 heteroatoms. The van der Waals surface area contributed by atoms with Gasteiger partial charge in [-0.3, -0.25) is 0 Å². The molecule has 3 nitrogen and oxygen atoms in total. The van der Waals surface area contributed by atoms with Gasteiger partial charge in [0.2, 0.25) is 0 Å². The molecule has 0 amide bonds. The van der Waals surface area contributed by atoms with Crippen molar-refractivity contribution in [2.24, 2.45) is 0 Å². The molecule has 0 heterocycles. The van der Waals surface area contributed by atoms with Crippen molar-refractivity contribution in [3.8, 4) is 5.75 Å². The second-order valence-corrected chi connectivity index (χ2v) is 5.95. The number of hydrogen-bond donors (Lipinski definition) is 3. The average Bonchev–Trinajstić information content (AvgIpc) is 2.13. The van der Waals surface area contributed by atoms with E-state index in [4.69, 9.17) is 0 Å². The van der Waals surface area contributed by atoms with Gasteiger partial charge < -0.3 is 15.5 Å². The van der Waals surface area contributed by atoms with Gasteiger partial charge in [-0.05, 0) is 45.4 Å². The van der Waals surface area contributed by atoms with Crippen LogP contribution in [0.15, 0.2) is 24.3 Å². The van der Waals surface area contributed by atoms with E-state index in [0.717, 1.165) is 5.56 Å². The summed E-state index contributed by atoms with van der Waals surface area (Å²) < 4.78 is 0. The molecule has 1 aromatic rings. The van der Waals surface area contributed by atoms with E-state index in [1.54, 1.807) is 25.1 Å². The number of aliphatic hydroxyl groups is 1. The van der Waals surface area contributed by atoms with Crippen LogP contribution in [0.4, 0.5) is 0 Å². The first-order valence-electron chi connectivity index (χ1n) is 5.93. The summed E-state index contributed by atoms with van der Waals surface area (Å²) in [5.41, 5.74) is 0.106. The van der Waals surface area contributed by atoms with Crippen molar-refractivity contribution in [1.82, 2.24) is 5.32 Å². The van der Waals surface area contributed by atoms with Gasteiger partial charge in [0.15, 0.2) is 0 Å². The zero-order chi connectivity index (χ0) is 13.1. The molecule has 3 N–H and O–H groups in total. The molecule has 1 rings (SSSR count). The number of rotatable bonds is 4. The lowest BCUT2D eigenvalue weighted by Gasteiger charge is -2.29. The Morgan fingerprint density at radius 1 is 1.18 bits per heavy atom. The van der Waals surface area contributed by atoms with Crippen molar-refractivity contribution >= 4 is 0 Å². The van der Waals surface area contributed by atoms with Crippen LogP contribution >= 0.6 is 0 Å². The summed E-state index contributed by atoms with van der Waals surface area (Å²) in [5, 5.41) is 22.9. The third kappa shape index (κ3) is 5.71. The fourth-order valence-corrected chi connectivity index (χ4v) is 1.62. The summed E-state index contributed by atoms with van der Waals surface area (Å²) in [5.74, 6) is 0.238. The normalized spacial score (nSPS) is 15.6. The topological polar surface area (TPSA) is 52.5 Å². The lowest BCUT2D eigenvalue weighted by molar-refractivity contribution is 0.0534. The van der Waals surface area contributed by atoms with Gasteiger partial charge >= 0.3 is 0 Å². The first-order valence-corrected chi connectivity index (χ1v) is 5.93. The minimum atomic E-state index is -0.818. The highest BCUT2D eigenvalue weighted by Crippen LogP contribution is 2.17. The fraction of sp³-hybridized carbons (Fsp3) is 0.571. The Bertz CT molecular complexity index is 367. The molecule has 0 aliphatic carbocycles. The zero-order valence-corrected chi connectivity index (χ0v) is 11.1. The standard InChI is InChI=1S/C14H23NO2/c1-13(2,3)15-10-14(4,17)9-11-6-5-7-12(16)8-11/h5-8,15-17H,9-10H2,1-4H3. The molecule has 1 aromatic carbocycles. The molecule has 0 spiro atoms. The van der Waals surface area contributed by atoms with Gasteiger partial charge in [-0.1, -0.05) is 12.1 Å². The summed E-state index contributed by atoms with van der Waals surface area (Å²) in [6, 6.07) is 7.01. The van der Waals surface area contributed by atoms with Crippen molar-refractivity contribution in [2.45, 2.75) is 45.3 Å². The van der Waals surface area contributed by atoms with E-state index in [0.29, 0.717) is 13.0 Å². The Labute approximate surface area is 103 Å². The predicted octanol–water partition coefficient (Wildman–Crippen LogP) is 2.07. The van der Waals surface area contributed by atoms with E-state index in [9.17, 15) is 10.2 Å². The van der Waals surface area contributed by atoms with E-state index in [2.05, 4.69) is 26.1 Å². The monoisotopic (exact) mass is 237 g/mol. The summed E-state index contributed by atoms with van der Waals surface area (Å²) in [7, 11) is 0.